The minimum Gasteiger partial charge on any atom is -0.396 e. The molecule has 0 radical (unpaired) electrons. The van der Waals surface area contributed by atoms with Crippen LogP contribution in [0.2, 0.25) is 0 Å². The summed E-state index contributed by atoms with van der Waals surface area (Å²) in [5.74, 6) is 0.529. The van der Waals surface area contributed by atoms with Crippen LogP contribution in [-0.2, 0) is 7.05 Å². The molecule has 0 aliphatic heterocycles. The summed E-state index contributed by atoms with van der Waals surface area (Å²) in [6.45, 7) is 2.08. The molecule has 1 amide bonds. The molecule has 6 nitrogen and oxygen atoms in total. The van der Waals surface area contributed by atoms with E-state index in [1.54, 1.807) is 23.1 Å². The highest BCUT2D eigenvalue weighted by Crippen LogP contribution is 2.15. The molecule has 6 heteroatoms. The van der Waals surface area contributed by atoms with Gasteiger partial charge in [0.05, 0.1) is 0 Å². The van der Waals surface area contributed by atoms with Crippen LogP contribution in [0.3, 0.4) is 0 Å². The molecule has 0 spiro atoms. The zero-order chi connectivity index (χ0) is 15.2. The predicted molar refractivity (Wildman–Crippen MR) is 79.7 cm³/mol. The lowest BCUT2D eigenvalue weighted by Crippen LogP contribution is -2.32. The number of hydrogen-bond acceptors (Lipinski definition) is 4. The molecule has 2 N–H and O–H groups in total. The fraction of sp³-hybridized carbons (Fsp3) is 0.400. The fourth-order valence-electron chi connectivity index (χ4n) is 2.02. The highest BCUT2D eigenvalue weighted by atomic mass is 16.3. The summed E-state index contributed by atoms with van der Waals surface area (Å²) in [5, 5.41) is 15.9. The standard InChI is InChI=1S/C15H20N4O2/c1-11(4-3-9-20)17-15(21)13-7-5-12(6-8-13)14-16-10-19(2)18-14/h5-8,10-11,20H,3-4,9H2,1-2H3,(H,17,21). The summed E-state index contributed by atoms with van der Waals surface area (Å²) >= 11 is 0. The van der Waals surface area contributed by atoms with Crippen molar-refractivity contribution < 1.29 is 9.90 Å². The smallest absolute Gasteiger partial charge is 0.251 e. The summed E-state index contributed by atoms with van der Waals surface area (Å²) in [6.07, 6.45) is 3.09. The number of carbonyl (C=O) groups excluding carboxylic acids is 1. The molecule has 0 bridgehead atoms. The van der Waals surface area contributed by atoms with Crippen LogP contribution in [0.25, 0.3) is 11.4 Å². The average molecular weight is 288 g/mol. The molecule has 1 aromatic carbocycles. The number of nitrogens with zero attached hydrogens (tertiary/aromatic N) is 3. The molecule has 0 saturated heterocycles. The van der Waals surface area contributed by atoms with Gasteiger partial charge in [-0.25, -0.2) is 4.98 Å². The largest absolute Gasteiger partial charge is 0.396 e. The van der Waals surface area contributed by atoms with Gasteiger partial charge in [-0.2, -0.15) is 5.10 Å². The van der Waals surface area contributed by atoms with Gasteiger partial charge in [-0.3, -0.25) is 9.48 Å². The molecule has 2 aromatic rings. The lowest BCUT2D eigenvalue weighted by atomic mass is 10.1. The molecule has 0 saturated carbocycles. The maximum Gasteiger partial charge on any atom is 0.251 e. The summed E-state index contributed by atoms with van der Waals surface area (Å²) in [5.41, 5.74) is 1.48. The van der Waals surface area contributed by atoms with Gasteiger partial charge >= 0.3 is 0 Å². The molecule has 0 aliphatic carbocycles. The second-order valence-electron chi connectivity index (χ2n) is 5.06. The molecular formula is C15H20N4O2. The first-order valence-corrected chi connectivity index (χ1v) is 6.98. The normalized spacial score (nSPS) is 12.1. The summed E-state index contributed by atoms with van der Waals surface area (Å²) in [7, 11) is 1.81. The van der Waals surface area contributed by atoms with Crippen molar-refractivity contribution in [3.8, 4) is 11.4 Å². The van der Waals surface area contributed by atoms with Crippen molar-refractivity contribution in [1.29, 1.82) is 0 Å². The molecule has 2 rings (SSSR count). The Kier molecular flexibility index (Phi) is 5.05. The Bertz CT molecular complexity index is 592. The van der Waals surface area contributed by atoms with Crippen molar-refractivity contribution in [2.75, 3.05) is 6.61 Å². The van der Waals surface area contributed by atoms with E-state index in [0.29, 0.717) is 17.8 Å². The number of aromatic nitrogens is 3. The summed E-state index contributed by atoms with van der Waals surface area (Å²) < 4.78 is 1.64. The first kappa shape index (κ1) is 15.2. The van der Waals surface area contributed by atoms with Gasteiger partial charge in [0, 0.05) is 30.8 Å². The van der Waals surface area contributed by atoms with Gasteiger partial charge < -0.3 is 10.4 Å². The predicted octanol–water partition coefficient (Wildman–Crippen LogP) is 1.37. The fourth-order valence-corrected chi connectivity index (χ4v) is 2.02. The second kappa shape index (κ2) is 6.99. The maximum atomic E-state index is 12.1. The summed E-state index contributed by atoms with van der Waals surface area (Å²) in [4.78, 5) is 16.2. The van der Waals surface area contributed by atoms with Crippen LogP contribution in [0.4, 0.5) is 0 Å². The highest BCUT2D eigenvalue weighted by Gasteiger charge is 2.10. The zero-order valence-electron chi connectivity index (χ0n) is 12.3. The molecule has 21 heavy (non-hydrogen) atoms. The van der Waals surface area contributed by atoms with Gasteiger partial charge in [-0.15, -0.1) is 0 Å². The first-order chi connectivity index (χ1) is 10.1. The Morgan fingerprint density at radius 2 is 2.10 bits per heavy atom. The number of aliphatic hydroxyl groups is 1. The van der Waals surface area contributed by atoms with Crippen molar-refractivity contribution in [2.24, 2.45) is 7.05 Å². The zero-order valence-corrected chi connectivity index (χ0v) is 12.3. The minimum atomic E-state index is -0.110. The van der Waals surface area contributed by atoms with E-state index >= 15 is 0 Å². The SMILES string of the molecule is CC(CCCO)NC(=O)c1ccc(-c2ncn(C)n2)cc1. The van der Waals surface area contributed by atoms with E-state index in [-0.39, 0.29) is 18.6 Å². The maximum absolute atomic E-state index is 12.1. The lowest BCUT2D eigenvalue weighted by molar-refractivity contribution is 0.0936. The highest BCUT2D eigenvalue weighted by molar-refractivity contribution is 5.94. The second-order valence-corrected chi connectivity index (χ2v) is 5.06. The Morgan fingerprint density at radius 1 is 1.38 bits per heavy atom. The molecule has 1 heterocycles. The molecule has 112 valence electrons. The third kappa shape index (κ3) is 4.13. The Labute approximate surface area is 123 Å². The van der Waals surface area contributed by atoms with Gasteiger partial charge in [0.1, 0.15) is 6.33 Å². The van der Waals surface area contributed by atoms with Gasteiger partial charge in [-0.1, -0.05) is 12.1 Å². The van der Waals surface area contributed by atoms with Crippen LogP contribution >= 0.6 is 0 Å². The topological polar surface area (TPSA) is 80.0 Å². The number of nitrogens with one attached hydrogen (secondary N) is 1. The minimum absolute atomic E-state index is 0.0433. The average Bonchev–Trinajstić information content (AvgIpc) is 2.92. The van der Waals surface area contributed by atoms with Gasteiger partial charge in [0.2, 0.25) is 0 Å². The number of rotatable bonds is 6. The quantitative estimate of drug-likeness (QED) is 0.841. The van der Waals surface area contributed by atoms with Gasteiger partial charge in [-0.05, 0) is 31.9 Å². The van der Waals surface area contributed by atoms with Crippen LogP contribution in [0.1, 0.15) is 30.1 Å². The molecule has 1 unspecified atom stereocenters. The lowest BCUT2D eigenvalue weighted by Gasteiger charge is -2.13. The number of benzene rings is 1. The van der Waals surface area contributed by atoms with E-state index in [4.69, 9.17) is 5.11 Å². The number of carbonyl (C=O) groups is 1. The Balaban J connectivity index is 2.00. The van der Waals surface area contributed by atoms with Crippen LogP contribution in [0.5, 0.6) is 0 Å². The van der Waals surface area contributed by atoms with Crippen LogP contribution < -0.4 is 5.32 Å². The Hall–Kier alpha value is -2.21. The Morgan fingerprint density at radius 3 is 2.67 bits per heavy atom. The van der Waals surface area contributed by atoms with Crippen molar-refractivity contribution >= 4 is 5.91 Å². The van der Waals surface area contributed by atoms with Gasteiger partial charge in [0.15, 0.2) is 5.82 Å². The van der Waals surface area contributed by atoms with Gasteiger partial charge in [0.25, 0.3) is 5.91 Å². The van der Waals surface area contributed by atoms with E-state index in [1.165, 1.54) is 0 Å². The molecular weight excluding hydrogens is 268 g/mol. The summed E-state index contributed by atoms with van der Waals surface area (Å²) in [6, 6.07) is 7.24. The van der Waals surface area contributed by atoms with E-state index in [2.05, 4.69) is 15.4 Å². The van der Waals surface area contributed by atoms with Crippen molar-refractivity contribution in [3.05, 3.63) is 36.2 Å². The molecule has 1 atom stereocenters. The van der Waals surface area contributed by atoms with Crippen molar-refractivity contribution in [2.45, 2.75) is 25.8 Å². The first-order valence-electron chi connectivity index (χ1n) is 6.98. The number of aryl methyl sites for hydroxylation is 1. The number of amides is 1. The third-order valence-corrected chi connectivity index (χ3v) is 3.18. The third-order valence-electron chi connectivity index (χ3n) is 3.18. The van der Waals surface area contributed by atoms with E-state index < -0.39 is 0 Å². The van der Waals surface area contributed by atoms with E-state index in [1.807, 2.05) is 26.1 Å². The number of aliphatic hydroxyl groups excluding tert-OH is 1. The van der Waals surface area contributed by atoms with Crippen molar-refractivity contribution in [1.82, 2.24) is 20.1 Å². The van der Waals surface area contributed by atoms with Crippen LogP contribution in [0.15, 0.2) is 30.6 Å². The monoisotopic (exact) mass is 288 g/mol. The van der Waals surface area contributed by atoms with Crippen molar-refractivity contribution in [3.63, 3.8) is 0 Å². The molecule has 0 aliphatic rings. The number of hydrogen-bond donors (Lipinski definition) is 2. The molecule has 1 aromatic heterocycles. The van der Waals surface area contributed by atoms with E-state index in [0.717, 1.165) is 12.0 Å². The van der Waals surface area contributed by atoms with Crippen LogP contribution in [0, 0.1) is 0 Å². The van der Waals surface area contributed by atoms with Crippen LogP contribution in [-0.4, -0.2) is 38.4 Å². The molecule has 0 fully saturated rings. The van der Waals surface area contributed by atoms with E-state index in [9.17, 15) is 4.79 Å².